The highest BCUT2D eigenvalue weighted by molar-refractivity contribution is 6.10. The fourth-order valence-corrected chi connectivity index (χ4v) is 4.23. The molecule has 0 saturated carbocycles. The number of unbranched alkanes of at least 4 members (excludes halogenated alkanes) is 1. The summed E-state index contributed by atoms with van der Waals surface area (Å²) >= 11 is 0. The Balaban J connectivity index is 2.18. The molecule has 2 aromatic rings. The van der Waals surface area contributed by atoms with E-state index in [4.69, 9.17) is 0 Å². The Labute approximate surface area is 202 Å². The molecular weight excluding hydrogens is 462 g/mol. The molecule has 5 nitrogen and oxygen atoms in total. The van der Waals surface area contributed by atoms with Crippen molar-refractivity contribution in [3.8, 4) is 0 Å². The molecule has 9 heteroatoms. The number of anilines is 1. The number of hydrogen-bond acceptors (Lipinski definition) is 4. The molecule has 2 atom stereocenters. The van der Waals surface area contributed by atoms with Crippen molar-refractivity contribution in [2.75, 3.05) is 18.2 Å². The summed E-state index contributed by atoms with van der Waals surface area (Å²) in [6.45, 7) is 7.02. The lowest BCUT2D eigenvalue weighted by Gasteiger charge is -2.38. The third kappa shape index (κ3) is 5.34. The smallest absolute Gasteiger partial charge is 0.248 e. The molecule has 0 radical (unpaired) electrons. The first-order valence-electron chi connectivity index (χ1n) is 11.6. The van der Waals surface area contributed by atoms with Crippen LogP contribution in [0.2, 0.25) is 0 Å². The number of halogens is 4. The summed E-state index contributed by atoms with van der Waals surface area (Å²) in [6.07, 6.45) is 1.85. The average molecular weight is 494 g/mol. The number of nitrogens with zero attached hydrogens (tertiary/aromatic N) is 2. The molecule has 0 spiro atoms. The van der Waals surface area contributed by atoms with Crippen molar-refractivity contribution < 1.29 is 27.5 Å². The lowest BCUT2D eigenvalue weighted by atomic mass is 9.76. The Bertz CT molecular complexity index is 1120. The van der Waals surface area contributed by atoms with Crippen LogP contribution >= 0.6 is 0 Å². The van der Waals surface area contributed by atoms with Crippen molar-refractivity contribution in [3.05, 3.63) is 65.2 Å². The Kier molecular flexibility index (Phi) is 7.89. The normalized spacial score (nSPS) is 20.2. The molecule has 0 bridgehead atoms. The number of hydrogen-bond donors (Lipinski definition) is 2. The first-order chi connectivity index (χ1) is 16.4. The molecule has 2 aromatic carbocycles. The van der Waals surface area contributed by atoms with Gasteiger partial charge in [-0.05, 0) is 37.6 Å². The molecule has 0 saturated heterocycles. The van der Waals surface area contributed by atoms with E-state index in [0.29, 0.717) is 18.9 Å². The minimum atomic E-state index is -1.52. The van der Waals surface area contributed by atoms with Crippen LogP contribution in [0.1, 0.15) is 52.5 Å². The van der Waals surface area contributed by atoms with Crippen molar-refractivity contribution in [1.29, 1.82) is 0 Å². The van der Waals surface area contributed by atoms with Gasteiger partial charge in [-0.3, -0.25) is 4.79 Å². The molecule has 0 fully saturated rings. The molecule has 1 amide bonds. The first kappa shape index (κ1) is 26.7. The van der Waals surface area contributed by atoms with Gasteiger partial charge >= 0.3 is 0 Å². The third-order valence-corrected chi connectivity index (χ3v) is 6.46. The van der Waals surface area contributed by atoms with Crippen LogP contribution in [0.4, 0.5) is 23.2 Å². The lowest BCUT2D eigenvalue weighted by molar-refractivity contribution is -0.127. The molecule has 0 aliphatic carbocycles. The van der Waals surface area contributed by atoms with Gasteiger partial charge in [-0.15, -0.1) is 0 Å². The standard InChI is InChI=1S/C26H31F4N3O2/c1-5-6-7-19-23(18-10-8-16(27)12-20(18)29)32-33(22-11-9-17(28)13-21(22)30)26(19,4)24(35)31-14-25(2,3)15-34/h8-13,19,34H,5-7,14-15H2,1-4H3,(H,31,35). The number of amides is 1. The zero-order valence-electron chi connectivity index (χ0n) is 20.3. The van der Waals surface area contributed by atoms with Gasteiger partial charge in [0.1, 0.15) is 23.0 Å². The Morgan fingerprint density at radius 1 is 1.11 bits per heavy atom. The minimum absolute atomic E-state index is 0.00670. The van der Waals surface area contributed by atoms with E-state index in [1.165, 1.54) is 17.1 Å². The maximum absolute atomic E-state index is 14.9. The van der Waals surface area contributed by atoms with E-state index in [0.717, 1.165) is 24.6 Å². The third-order valence-electron chi connectivity index (χ3n) is 6.46. The second-order valence-corrected chi connectivity index (χ2v) is 9.86. The highest BCUT2D eigenvalue weighted by Gasteiger charge is 2.54. The van der Waals surface area contributed by atoms with Crippen molar-refractivity contribution >= 4 is 17.3 Å². The van der Waals surface area contributed by atoms with E-state index in [1.807, 2.05) is 6.92 Å². The monoisotopic (exact) mass is 493 g/mol. The number of benzene rings is 2. The Hall–Kier alpha value is -2.94. The maximum Gasteiger partial charge on any atom is 0.248 e. The molecule has 1 aliphatic heterocycles. The topological polar surface area (TPSA) is 64.9 Å². The zero-order chi connectivity index (χ0) is 26.0. The van der Waals surface area contributed by atoms with Gasteiger partial charge in [0.25, 0.3) is 0 Å². The van der Waals surface area contributed by atoms with E-state index >= 15 is 0 Å². The number of carbonyl (C=O) groups excluding carboxylic acids is 1. The van der Waals surface area contributed by atoms with Crippen LogP contribution in [0, 0.1) is 34.6 Å². The van der Waals surface area contributed by atoms with Crippen LogP contribution in [-0.2, 0) is 4.79 Å². The maximum atomic E-state index is 14.9. The predicted octanol–water partition coefficient (Wildman–Crippen LogP) is 5.17. The summed E-state index contributed by atoms with van der Waals surface area (Å²) in [5, 5.41) is 18.1. The number of aliphatic hydroxyl groups is 1. The number of hydrazone groups is 1. The van der Waals surface area contributed by atoms with E-state index < -0.39 is 46.0 Å². The SMILES string of the molecule is CCCCC1C(c2ccc(F)cc2F)=NN(c2ccc(F)cc2F)C1(C)C(=O)NCC(C)(C)CO. The van der Waals surface area contributed by atoms with Gasteiger partial charge in [0.15, 0.2) is 5.82 Å². The minimum Gasteiger partial charge on any atom is -0.396 e. The molecule has 1 heterocycles. The predicted molar refractivity (Wildman–Crippen MR) is 127 cm³/mol. The van der Waals surface area contributed by atoms with Crippen LogP contribution in [0.5, 0.6) is 0 Å². The highest BCUT2D eigenvalue weighted by Crippen LogP contribution is 2.43. The van der Waals surface area contributed by atoms with Gasteiger partial charge in [-0.1, -0.05) is 33.6 Å². The van der Waals surface area contributed by atoms with Gasteiger partial charge in [-0.2, -0.15) is 5.10 Å². The van der Waals surface area contributed by atoms with E-state index in [2.05, 4.69) is 10.4 Å². The van der Waals surface area contributed by atoms with Crippen molar-refractivity contribution in [2.24, 2.45) is 16.4 Å². The molecule has 35 heavy (non-hydrogen) atoms. The van der Waals surface area contributed by atoms with Gasteiger partial charge < -0.3 is 10.4 Å². The fourth-order valence-electron chi connectivity index (χ4n) is 4.23. The second-order valence-electron chi connectivity index (χ2n) is 9.86. The van der Waals surface area contributed by atoms with Gasteiger partial charge in [-0.25, -0.2) is 22.6 Å². The number of aliphatic hydroxyl groups excluding tert-OH is 1. The van der Waals surface area contributed by atoms with E-state index in [9.17, 15) is 27.5 Å². The second kappa shape index (κ2) is 10.4. The van der Waals surface area contributed by atoms with Crippen molar-refractivity contribution in [3.63, 3.8) is 0 Å². The number of nitrogens with one attached hydrogen (secondary N) is 1. The van der Waals surface area contributed by atoms with Crippen LogP contribution in [0.3, 0.4) is 0 Å². The van der Waals surface area contributed by atoms with Crippen LogP contribution in [-0.4, -0.2) is 35.4 Å². The van der Waals surface area contributed by atoms with E-state index in [1.54, 1.807) is 20.8 Å². The van der Waals surface area contributed by atoms with Crippen molar-refractivity contribution in [2.45, 2.75) is 52.5 Å². The van der Waals surface area contributed by atoms with E-state index in [-0.39, 0.29) is 30.1 Å². The molecule has 0 aromatic heterocycles. The van der Waals surface area contributed by atoms with Gasteiger partial charge in [0, 0.05) is 42.2 Å². The largest absolute Gasteiger partial charge is 0.396 e. The van der Waals surface area contributed by atoms with Gasteiger partial charge in [0.2, 0.25) is 5.91 Å². The summed E-state index contributed by atoms with van der Waals surface area (Å²) in [7, 11) is 0. The average Bonchev–Trinajstić information content (AvgIpc) is 3.09. The van der Waals surface area contributed by atoms with Crippen molar-refractivity contribution in [1.82, 2.24) is 5.32 Å². The summed E-state index contributed by atoms with van der Waals surface area (Å²) in [5.74, 6) is -4.54. The van der Waals surface area contributed by atoms with Crippen LogP contribution in [0.15, 0.2) is 41.5 Å². The molecule has 2 unspecified atom stereocenters. The summed E-state index contributed by atoms with van der Waals surface area (Å²) in [5.41, 5.74) is -2.10. The number of carbonyl (C=O) groups is 1. The summed E-state index contributed by atoms with van der Waals surface area (Å²) in [4.78, 5) is 13.7. The van der Waals surface area contributed by atoms with Crippen LogP contribution in [0.25, 0.3) is 0 Å². The summed E-state index contributed by atoms with van der Waals surface area (Å²) < 4.78 is 57.1. The molecule has 190 valence electrons. The molecule has 1 aliphatic rings. The molecular formula is C26H31F4N3O2. The molecule has 2 N–H and O–H groups in total. The zero-order valence-corrected chi connectivity index (χ0v) is 20.3. The highest BCUT2D eigenvalue weighted by atomic mass is 19.1. The Morgan fingerprint density at radius 3 is 2.31 bits per heavy atom. The molecule has 3 rings (SSSR count). The van der Waals surface area contributed by atoms with Gasteiger partial charge in [0.05, 0.1) is 11.4 Å². The lowest BCUT2D eigenvalue weighted by Crippen LogP contribution is -2.59. The summed E-state index contributed by atoms with van der Waals surface area (Å²) in [6, 6.07) is 6.00. The number of rotatable bonds is 9. The quantitative estimate of drug-likeness (QED) is 0.474. The first-order valence-corrected chi connectivity index (χ1v) is 11.6. The Morgan fingerprint density at radius 2 is 1.74 bits per heavy atom. The van der Waals surface area contributed by atoms with Crippen LogP contribution < -0.4 is 10.3 Å². The fraction of sp³-hybridized carbons (Fsp3) is 0.462.